The molecule has 0 saturated heterocycles. The zero-order valence-corrected chi connectivity index (χ0v) is 6.86. The van der Waals surface area contributed by atoms with Crippen LogP contribution in [-0.2, 0) is 9.59 Å². The van der Waals surface area contributed by atoms with Gasteiger partial charge in [0.2, 0.25) is 0 Å². The molecule has 4 nitrogen and oxygen atoms in total. The van der Waals surface area contributed by atoms with E-state index in [1.54, 1.807) is 6.92 Å². The highest BCUT2D eigenvalue weighted by Crippen LogP contribution is 2.04. The van der Waals surface area contributed by atoms with Crippen LogP contribution >= 0.6 is 0 Å². The van der Waals surface area contributed by atoms with E-state index in [0.29, 0.717) is 6.42 Å². The maximum atomic E-state index is 10.4. The van der Waals surface area contributed by atoms with Crippen LogP contribution in [0.5, 0.6) is 0 Å². The molecule has 0 aliphatic carbocycles. The molecule has 0 aliphatic rings. The number of hydrogen-bond acceptors (Lipinski definition) is 2. The second-order valence-corrected chi connectivity index (χ2v) is 2.38. The van der Waals surface area contributed by atoms with Crippen LogP contribution in [0.1, 0.15) is 19.8 Å². The Balaban J connectivity index is 3.93. The van der Waals surface area contributed by atoms with E-state index >= 15 is 0 Å². The molecular weight excluding hydrogens is 160 g/mol. The molecule has 0 aliphatic heterocycles. The summed E-state index contributed by atoms with van der Waals surface area (Å²) >= 11 is 0. The highest BCUT2D eigenvalue weighted by molar-refractivity contribution is 5.73. The molecule has 2 N–H and O–H groups in total. The van der Waals surface area contributed by atoms with Crippen molar-refractivity contribution in [2.75, 3.05) is 0 Å². The van der Waals surface area contributed by atoms with E-state index in [0.717, 1.165) is 0 Å². The number of carbonyl (C=O) groups is 2. The quantitative estimate of drug-likeness (QED) is 0.609. The molecule has 0 spiro atoms. The van der Waals surface area contributed by atoms with Crippen molar-refractivity contribution in [2.45, 2.75) is 19.8 Å². The average Bonchev–Trinajstić information content (AvgIpc) is 1.96. The summed E-state index contributed by atoms with van der Waals surface area (Å²) in [7, 11) is 0. The largest absolute Gasteiger partial charge is 0.481 e. The van der Waals surface area contributed by atoms with Crippen molar-refractivity contribution in [2.24, 2.45) is 5.92 Å². The van der Waals surface area contributed by atoms with Gasteiger partial charge in [-0.1, -0.05) is 19.1 Å². The van der Waals surface area contributed by atoms with Gasteiger partial charge < -0.3 is 10.2 Å². The van der Waals surface area contributed by atoms with Gasteiger partial charge >= 0.3 is 11.9 Å². The summed E-state index contributed by atoms with van der Waals surface area (Å²) < 4.78 is 0. The Hall–Kier alpha value is -1.32. The summed E-state index contributed by atoms with van der Waals surface area (Å²) in [6.07, 6.45) is 3.14. The SMILES string of the molecule is CCC(/C=C/CC(=O)O)C(=O)O. The van der Waals surface area contributed by atoms with Crippen LogP contribution < -0.4 is 0 Å². The number of carboxylic acids is 2. The van der Waals surface area contributed by atoms with Gasteiger partial charge in [0.15, 0.2) is 0 Å². The first-order valence-corrected chi connectivity index (χ1v) is 3.69. The topological polar surface area (TPSA) is 74.6 Å². The molecule has 0 saturated carbocycles. The summed E-state index contributed by atoms with van der Waals surface area (Å²) in [5.41, 5.74) is 0. The average molecular weight is 172 g/mol. The Morgan fingerprint density at radius 1 is 1.42 bits per heavy atom. The number of aliphatic carboxylic acids is 2. The van der Waals surface area contributed by atoms with Crippen molar-refractivity contribution >= 4 is 11.9 Å². The van der Waals surface area contributed by atoms with Crippen LogP contribution in [0.4, 0.5) is 0 Å². The molecule has 0 aromatic heterocycles. The van der Waals surface area contributed by atoms with Crippen molar-refractivity contribution in [3.8, 4) is 0 Å². The summed E-state index contributed by atoms with van der Waals surface area (Å²) in [4.78, 5) is 20.4. The molecule has 0 amide bonds. The van der Waals surface area contributed by atoms with Gasteiger partial charge in [0, 0.05) is 0 Å². The zero-order valence-electron chi connectivity index (χ0n) is 6.86. The molecule has 0 radical (unpaired) electrons. The minimum absolute atomic E-state index is 0.121. The molecular formula is C8H12O4. The van der Waals surface area contributed by atoms with Crippen LogP contribution in [0.15, 0.2) is 12.2 Å². The van der Waals surface area contributed by atoms with Crippen LogP contribution in [0.2, 0.25) is 0 Å². The summed E-state index contributed by atoms with van der Waals surface area (Å²) in [6, 6.07) is 0. The minimum atomic E-state index is -0.952. The van der Waals surface area contributed by atoms with Crippen LogP contribution in [0, 0.1) is 5.92 Å². The number of carboxylic acid groups (broad SMARTS) is 2. The van der Waals surface area contributed by atoms with E-state index in [9.17, 15) is 9.59 Å². The molecule has 0 aromatic carbocycles. The van der Waals surface area contributed by atoms with Gasteiger partial charge in [-0.2, -0.15) is 0 Å². The normalized spacial score (nSPS) is 13.1. The zero-order chi connectivity index (χ0) is 9.56. The van der Waals surface area contributed by atoms with E-state index in [4.69, 9.17) is 10.2 Å². The van der Waals surface area contributed by atoms with E-state index in [-0.39, 0.29) is 6.42 Å². The summed E-state index contributed by atoms with van der Waals surface area (Å²) in [6.45, 7) is 1.74. The molecule has 1 atom stereocenters. The predicted octanol–water partition coefficient (Wildman–Crippen LogP) is 1.13. The fourth-order valence-corrected chi connectivity index (χ4v) is 0.726. The summed E-state index contributed by atoms with van der Waals surface area (Å²) in [5.74, 6) is -2.44. The fraction of sp³-hybridized carbons (Fsp3) is 0.500. The fourth-order valence-electron chi connectivity index (χ4n) is 0.726. The first kappa shape index (κ1) is 10.7. The number of hydrogen-bond donors (Lipinski definition) is 2. The molecule has 12 heavy (non-hydrogen) atoms. The van der Waals surface area contributed by atoms with E-state index in [1.807, 2.05) is 0 Å². The molecule has 0 bridgehead atoms. The van der Waals surface area contributed by atoms with Gasteiger partial charge in [0.25, 0.3) is 0 Å². The Morgan fingerprint density at radius 3 is 2.33 bits per heavy atom. The van der Waals surface area contributed by atoms with Gasteiger partial charge in [-0.25, -0.2) is 0 Å². The maximum Gasteiger partial charge on any atom is 0.310 e. The van der Waals surface area contributed by atoms with Crippen molar-refractivity contribution in [3.05, 3.63) is 12.2 Å². The third kappa shape index (κ3) is 4.49. The lowest BCUT2D eigenvalue weighted by molar-refractivity contribution is -0.140. The predicted molar refractivity (Wildman–Crippen MR) is 42.8 cm³/mol. The molecule has 1 unspecified atom stereocenters. The first-order valence-electron chi connectivity index (χ1n) is 3.69. The highest BCUT2D eigenvalue weighted by atomic mass is 16.4. The maximum absolute atomic E-state index is 10.4. The minimum Gasteiger partial charge on any atom is -0.481 e. The number of rotatable bonds is 5. The Morgan fingerprint density at radius 2 is 2.00 bits per heavy atom. The molecule has 0 aromatic rings. The lowest BCUT2D eigenvalue weighted by Crippen LogP contribution is -2.09. The van der Waals surface area contributed by atoms with Crippen molar-refractivity contribution in [1.29, 1.82) is 0 Å². The lowest BCUT2D eigenvalue weighted by atomic mass is 10.1. The van der Waals surface area contributed by atoms with E-state index in [2.05, 4.69) is 0 Å². The third-order valence-electron chi connectivity index (χ3n) is 1.42. The van der Waals surface area contributed by atoms with Gasteiger partial charge in [-0.15, -0.1) is 0 Å². The van der Waals surface area contributed by atoms with Gasteiger partial charge in [0.1, 0.15) is 0 Å². The Kier molecular flexibility index (Phi) is 4.76. The molecule has 0 rings (SSSR count). The van der Waals surface area contributed by atoms with Crippen molar-refractivity contribution in [1.82, 2.24) is 0 Å². The summed E-state index contributed by atoms with van der Waals surface area (Å²) in [5, 5.41) is 16.8. The molecule has 0 heterocycles. The second-order valence-electron chi connectivity index (χ2n) is 2.38. The van der Waals surface area contributed by atoms with Crippen LogP contribution in [0.25, 0.3) is 0 Å². The van der Waals surface area contributed by atoms with Crippen LogP contribution in [0.3, 0.4) is 0 Å². The third-order valence-corrected chi connectivity index (χ3v) is 1.42. The standard InChI is InChI=1S/C8H12O4/c1-2-6(8(11)12)4-3-5-7(9)10/h3-4,6H,2,5H2,1H3,(H,9,10)(H,11,12)/b4-3+. The van der Waals surface area contributed by atoms with Crippen molar-refractivity contribution in [3.63, 3.8) is 0 Å². The smallest absolute Gasteiger partial charge is 0.310 e. The lowest BCUT2D eigenvalue weighted by Gasteiger charge is -2.00. The van der Waals surface area contributed by atoms with E-state index < -0.39 is 17.9 Å². The van der Waals surface area contributed by atoms with Gasteiger partial charge in [-0.05, 0) is 6.42 Å². The second kappa shape index (κ2) is 5.35. The van der Waals surface area contributed by atoms with E-state index in [1.165, 1.54) is 12.2 Å². The Bertz CT molecular complexity index is 195. The monoisotopic (exact) mass is 172 g/mol. The molecule has 0 fully saturated rings. The van der Waals surface area contributed by atoms with Gasteiger partial charge in [0.05, 0.1) is 12.3 Å². The van der Waals surface area contributed by atoms with Crippen LogP contribution in [-0.4, -0.2) is 22.2 Å². The Labute approximate surface area is 70.5 Å². The van der Waals surface area contributed by atoms with Gasteiger partial charge in [-0.3, -0.25) is 9.59 Å². The highest BCUT2D eigenvalue weighted by Gasteiger charge is 2.09. The molecule has 4 heteroatoms. The first-order chi connectivity index (χ1) is 5.57. The molecule has 68 valence electrons. The van der Waals surface area contributed by atoms with Crippen molar-refractivity contribution < 1.29 is 19.8 Å².